The van der Waals surface area contributed by atoms with Gasteiger partial charge in [-0.15, -0.1) is 0 Å². The van der Waals surface area contributed by atoms with Gasteiger partial charge in [0.15, 0.2) is 5.58 Å². The average molecular weight is 345 g/mol. The van der Waals surface area contributed by atoms with Crippen LogP contribution < -0.4 is 10.1 Å². The minimum atomic E-state index is 0.725. The van der Waals surface area contributed by atoms with E-state index in [0.717, 1.165) is 73.0 Å². The van der Waals surface area contributed by atoms with E-state index < -0.39 is 0 Å². The van der Waals surface area contributed by atoms with Crippen molar-refractivity contribution in [2.24, 2.45) is 5.92 Å². The fraction of sp³-hybridized carbons (Fsp3) is 0.650. The lowest BCUT2D eigenvalue weighted by Crippen LogP contribution is -2.27. The molecule has 1 aliphatic rings. The number of benzene rings is 1. The number of nitrogens with zero attached hydrogens (tertiary/aromatic N) is 2. The molecule has 0 amide bonds. The van der Waals surface area contributed by atoms with E-state index in [0.29, 0.717) is 0 Å². The Kier molecular flexibility index (Phi) is 6.32. The number of nitrogens with one attached hydrogen (secondary N) is 1. The number of fused-ring (bicyclic) bond motifs is 1. The van der Waals surface area contributed by atoms with Crippen LogP contribution >= 0.6 is 0 Å². The van der Waals surface area contributed by atoms with E-state index in [-0.39, 0.29) is 0 Å². The van der Waals surface area contributed by atoms with E-state index in [4.69, 9.17) is 9.26 Å². The molecule has 1 N–H and O–H groups in total. The molecule has 1 aliphatic heterocycles. The second-order valence-corrected chi connectivity index (χ2v) is 7.37. The van der Waals surface area contributed by atoms with Crippen LogP contribution in [0.25, 0.3) is 11.0 Å². The first-order valence-electron chi connectivity index (χ1n) is 9.57. The van der Waals surface area contributed by atoms with Crippen molar-refractivity contribution in [1.82, 2.24) is 15.4 Å². The number of piperidine rings is 1. The van der Waals surface area contributed by atoms with Crippen LogP contribution in [0.2, 0.25) is 0 Å². The van der Waals surface area contributed by atoms with Crippen molar-refractivity contribution in [3.05, 3.63) is 23.4 Å². The first-order valence-corrected chi connectivity index (χ1v) is 9.57. The minimum Gasteiger partial charge on any atom is -0.493 e. The zero-order valence-corrected chi connectivity index (χ0v) is 15.8. The van der Waals surface area contributed by atoms with Crippen LogP contribution in [0, 0.1) is 5.92 Å². The Hall–Kier alpha value is -1.59. The van der Waals surface area contributed by atoms with Gasteiger partial charge in [0.25, 0.3) is 0 Å². The lowest BCUT2D eigenvalue weighted by Gasteiger charge is -2.21. The molecule has 138 valence electrons. The van der Waals surface area contributed by atoms with Crippen LogP contribution in [-0.4, -0.2) is 43.8 Å². The van der Waals surface area contributed by atoms with E-state index in [1.807, 2.05) is 0 Å². The van der Waals surface area contributed by atoms with E-state index >= 15 is 0 Å². The number of ether oxygens (including phenoxy) is 1. The Labute approximate surface area is 150 Å². The summed E-state index contributed by atoms with van der Waals surface area (Å²) in [7, 11) is 4.13. The number of hydrogen-bond donors (Lipinski definition) is 1. The Bertz CT molecular complexity index is 675. The summed E-state index contributed by atoms with van der Waals surface area (Å²) in [6.45, 7) is 5.93. The predicted molar refractivity (Wildman–Crippen MR) is 101 cm³/mol. The summed E-state index contributed by atoms with van der Waals surface area (Å²) in [5, 5.41) is 8.99. The van der Waals surface area contributed by atoms with Gasteiger partial charge in [0, 0.05) is 11.9 Å². The third-order valence-electron chi connectivity index (χ3n) is 4.96. The maximum absolute atomic E-state index is 5.94. The largest absolute Gasteiger partial charge is 0.493 e. The third kappa shape index (κ3) is 4.53. The Morgan fingerprint density at radius 3 is 2.80 bits per heavy atom. The Morgan fingerprint density at radius 2 is 2.08 bits per heavy atom. The van der Waals surface area contributed by atoms with Crippen molar-refractivity contribution in [3.8, 4) is 5.75 Å². The van der Waals surface area contributed by atoms with Gasteiger partial charge in [-0.3, -0.25) is 0 Å². The van der Waals surface area contributed by atoms with E-state index in [1.165, 1.54) is 19.3 Å². The van der Waals surface area contributed by atoms with Gasteiger partial charge in [-0.25, -0.2) is 0 Å². The van der Waals surface area contributed by atoms with Crippen LogP contribution in [0.15, 0.2) is 16.7 Å². The van der Waals surface area contributed by atoms with Gasteiger partial charge in [-0.05, 0) is 77.3 Å². The topological polar surface area (TPSA) is 50.5 Å². The highest BCUT2D eigenvalue weighted by Gasteiger charge is 2.19. The highest BCUT2D eigenvalue weighted by molar-refractivity contribution is 5.84. The van der Waals surface area contributed by atoms with Gasteiger partial charge < -0.3 is 19.5 Å². The molecule has 0 bridgehead atoms. The van der Waals surface area contributed by atoms with E-state index in [1.54, 1.807) is 0 Å². The first-order chi connectivity index (χ1) is 12.2. The van der Waals surface area contributed by atoms with E-state index in [2.05, 4.69) is 48.5 Å². The molecular formula is C20H31N3O2. The minimum absolute atomic E-state index is 0.725. The SMILES string of the molecule is CCCOc1ccc2c(CCC3CCNCC3)noc2c1CN(C)C. The number of rotatable bonds is 8. The monoisotopic (exact) mass is 345 g/mol. The van der Waals surface area contributed by atoms with Crippen LogP contribution in [0.1, 0.15) is 43.9 Å². The van der Waals surface area contributed by atoms with Gasteiger partial charge in [0.2, 0.25) is 0 Å². The normalized spacial score (nSPS) is 16.0. The summed E-state index contributed by atoms with van der Waals surface area (Å²) in [6.07, 6.45) is 5.74. The summed E-state index contributed by atoms with van der Waals surface area (Å²) < 4.78 is 11.7. The summed E-state index contributed by atoms with van der Waals surface area (Å²) in [6, 6.07) is 4.20. The molecule has 1 fully saturated rings. The maximum Gasteiger partial charge on any atom is 0.175 e. The highest BCUT2D eigenvalue weighted by Crippen LogP contribution is 2.32. The van der Waals surface area contributed by atoms with Crippen molar-refractivity contribution in [2.75, 3.05) is 33.8 Å². The smallest absolute Gasteiger partial charge is 0.175 e. The van der Waals surface area contributed by atoms with Crippen LogP contribution in [0.4, 0.5) is 0 Å². The summed E-state index contributed by atoms with van der Waals surface area (Å²) in [5.74, 6) is 1.73. The van der Waals surface area contributed by atoms with Crippen molar-refractivity contribution < 1.29 is 9.26 Å². The predicted octanol–water partition coefficient (Wildman–Crippen LogP) is 3.61. The van der Waals surface area contributed by atoms with Crippen LogP contribution in [-0.2, 0) is 13.0 Å². The molecule has 0 unspecified atom stereocenters. The molecule has 3 rings (SSSR count). The molecule has 2 heterocycles. The molecule has 0 atom stereocenters. The van der Waals surface area contributed by atoms with Gasteiger partial charge in [0.1, 0.15) is 5.75 Å². The second kappa shape index (κ2) is 8.68. The zero-order chi connectivity index (χ0) is 17.6. The fourth-order valence-corrected chi connectivity index (χ4v) is 3.60. The molecule has 0 radical (unpaired) electrons. The Morgan fingerprint density at radius 1 is 1.28 bits per heavy atom. The number of hydrogen-bond acceptors (Lipinski definition) is 5. The zero-order valence-electron chi connectivity index (χ0n) is 15.8. The number of aryl methyl sites for hydroxylation is 1. The van der Waals surface area contributed by atoms with Crippen molar-refractivity contribution >= 4 is 11.0 Å². The van der Waals surface area contributed by atoms with Crippen LogP contribution in [0.5, 0.6) is 5.75 Å². The summed E-state index contributed by atoms with van der Waals surface area (Å²) in [5.41, 5.74) is 3.09. The van der Waals surface area contributed by atoms with Gasteiger partial charge in [-0.2, -0.15) is 0 Å². The van der Waals surface area contributed by atoms with E-state index in [9.17, 15) is 0 Å². The first kappa shape index (κ1) is 18.2. The third-order valence-corrected chi connectivity index (χ3v) is 4.96. The molecule has 1 saturated heterocycles. The highest BCUT2D eigenvalue weighted by atomic mass is 16.5. The lowest BCUT2D eigenvalue weighted by atomic mass is 9.92. The maximum atomic E-state index is 5.94. The molecule has 1 aromatic heterocycles. The quantitative estimate of drug-likeness (QED) is 0.792. The van der Waals surface area contributed by atoms with Crippen molar-refractivity contribution in [2.45, 2.75) is 45.6 Å². The molecule has 2 aromatic rings. The molecule has 25 heavy (non-hydrogen) atoms. The molecule has 0 spiro atoms. The molecule has 0 aliphatic carbocycles. The molecule has 0 saturated carbocycles. The van der Waals surface area contributed by atoms with Crippen LogP contribution in [0.3, 0.4) is 0 Å². The summed E-state index contributed by atoms with van der Waals surface area (Å²) >= 11 is 0. The van der Waals surface area contributed by atoms with Gasteiger partial charge >= 0.3 is 0 Å². The molecule has 5 heteroatoms. The van der Waals surface area contributed by atoms with Gasteiger partial charge in [-0.1, -0.05) is 12.1 Å². The second-order valence-electron chi connectivity index (χ2n) is 7.37. The Balaban J connectivity index is 1.81. The average Bonchev–Trinajstić information content (AvgIpc) is 3.03. The molecule has 1 aromatic carbocycles. The van der Waals surface area contributed by atoms with Crippen molar-refractivity contribution in [3.63, 3.8) is 0 Å². The van der Waals surface area contributed by atoms with Crippen molar-refractivity contribution in [1.29, 1.82) is 0 Å². The number of aromatic nitrogens is 1. The summed E-state index contributed by atoms with van der Waals surface area (Å²) in [4.78, 5) is 2.14. The van der Waals surface area contributed by atoms with Gasteiger partial charge in [0.05, 0.1) is 17.9 Å². The molecule has 5 nitrogen and oxygen atoms in total. The standard InChI is InChI=1S/C20H31N3O2/c1-4-13-24-19-8-6-16-18(7-5-15-9-11-21-12-10-15)22-25-20(16)17(19)14-23(2)3/h6,8,15,21H,4-5,7,9-14H2,1-3H3. The lowest BCUT2D eigenvalue weighted by molar-refractivity contribution is 0.305. The fourth-order valence-electron chi connectivity index (χ4n) is 3.60. The molecular weight excluding hydrogens is 314 g/mol.